The Morgan fingerprint density at radius 1 is 0.215 bits per heavy atom. The molecule has 0 unspecified atom stereocenters. The van der Waals surface area contributed by atoms with Crippen molar-refractivity contribution in [2.75, 3.05) is 0 Å². The van der Waals surface area contributed by atoms with E-state index in [0.29, 0.717) is 17.5 Å². The largest absolute Gasteiger partial charge is 0.456 e. The summed E-state index contributed by atoms with van der Waals surface area (Å²) in [5.74, 6) is 1.87. The lowest BCUT2D eigenvalue weighted by Gasteiger charge is -2.13. The van der Waals surface area contributed by atoms with Crippen LogP contribution in [0.25, 0.3) is 123 Å². The molecule has 4 nitrogen and oxygen atoms in total. The molecule has 0 bridgehead atoms. The second-order valence-electron chi connectivity index (χ2n) is 16.3. The molecule has 2 aromatic heterocycles. The molecule has 0 radical (unpaired) electrons. The van der Waals surface area contributed by atoms with E-state index in [1.54, 1.807) is 0 Å². The molecule has 0 N–H and O–H groups in total. The van der Waals surface area contributed by atoms with E-state index in [2.05, 4.69) is 206 Å². The van der Waals surface area contributed by atoms with Crippen LogP contribution in [-0.2, 0) is 0 Å². The molecule has 65 heavy (non-hydrogen) atoms. The number of furan rings is 1. The number of para-hydroxylation sites is 1. The van der Waals surface area contributed by atoms with Gasteiger partial charge in [0.05, 0.1) is 0 Å². The maximum Gasteiger partial charge on any atom is 0.164 e. The lowest BCUT2D eigenvalue weighted by Crippen LogP contribution is -2.01. The highest BCUT2D eigenvalue weighted by atomic mass is 16.3. The van der Waals surface area contributed by atoms with Crippen LogP contribution in [0.5, 0.6) is 0 Å². The zero-order chi connectivity index (χ0) is 43.1. The first-order valence-corrected chi connectivity index (χ1v) is 21.9. The van der Waals surface area contributed by atoms with Crippen LogP contribution in [0, 0.1) is 0 Å². The molecule has 304 valence electrons. The SMILES string of the molecule is c1ccc(-c2ccc(-c3nc(-c4ccc(-c5ccc(-c6ccc(-c7ccc8c(c7)oc7ccccc78)c7ccccc67)cc5)cc4)nc(-c4ccccc4-c4ccccc4)n3)cc2)cc1. The van der Waals surface area contributed by atoms with Gasteiger partial charge in [-0.25, -0.2) is 15.0 Å². The van der Waals surface area contributed by atoms with Gasteiger partial charge in [-0.05, 0) is 84.6 Å². The Morgan fingerprint density at radius 2 is 0.600 bits per heavy atom. The first-order valence-electron chi connectivity index (χ1n) is 21.9. The molecule has 0 amide bonds. The van der Waals surface area contributed by atoms with Gasteiger partial charge in [-0.1, -0.05) is 218 Å². The molecule has 0 spiro atoms. The van der Waals surface area contributed by atoms with Gasteiger partial charge in [-0.2, -0.15) is 0 Å². The lowest BCUT2D eigenvalue weighted by molar-refractivity contribution is 0.669. The number of aromatic nitrogens is 3. The standard InChI is InChI=1S/C61H39N3O/c1-3-13-40(14-4-1)41-25-31-46(32-26-41)59-62-60(64-61(63-59)56-21-10-7-17-49(56)44-15-5-2-6-16-44)47-33-27-43(28-34-47)42-23-29-45(30-24-42)50-37-38-51(53-19-9-8-18-52(50)53)48-35-36-55-54-20-11-12-22-57(54)65-58(55)39-48/h1-39H. The average molecular weight is 830 g/mol. The van der Waals surface area contributed by atoms with Crippen molar-refractivity contribution in [2.45, 2.75) is 0 Å². The van der Waals surface area contributed by atoms with E-state index >= 15 is 0 Å². The fourth-order valence-corrected chi connectivity index (χ4v) is 9.09. The summed E-state index contributed by atoms with van der Waals surface area (Å²) in [6.07, 6.45) is 0. The first-order chi connectivity index (χ1) is 32.2. The highest BCUT2D eigenvalue weighted by molar-refractivity contribution is 6.09. The molecule has 0 atom stereocenters. The van der Waals surface area contributed by atoms with E-state index in [9.17, 15) is 0 Å². The van der Waals surface area contributed by atoms with Crippen LogP contribution in [0.4, 0.5) is 0 Å². The van der Waals surface area contributed by atoms with E-state index in [0.717, 1.165) is 72.0 Å². The number of hydrogen-bond donors (Lipinski definition) is 0. The van der Waals surface area contributed by atoms with Crippen molar-refractivity contribution < 1.29 is 4.42 Å². The molecule has 0 aliphatic carbocycles. The summed E-state index contributed by atoms with van der Waals surface area (Å²) < 4.78 is 6.26. The van der Waals surface area contributed by atoms with Gasteiger partial charge < -0.3 is 4.42 Å². The topological polar surface area (TPSA) is 51.8 Å². The molecular weight excluding hydrogens is 791 g/mol. The Balaban J connectivity index is 0.868. The van der Waals surface area contributed by atoms with E-state index in [1.165, 1.54) is 33.0 Å². The third kappa shape index (κ3) is 7.13. The van der Waals surface area contributed by atoms with Gasteiger partial charge in [-0.3, -0.25) is 0 Å². The fourth-order valence-electron chi connectivity index (χ4n) is 9.09. The second kappa shape index (κ2) is 16.2. The molecule has 10 aromatic carbocycles. The normalized spacial score (nSPS) is 11.4. The summed E-state index contributed by atoms with van der Waals surface area (Å²) in [5, 5.41) is 4.69. The van der Waals surface area contributed by atoms with Crippen LogP contribution in [0.1, 0.15) is 0 Å². The smallest absolute Gasteiger partial charge is 0.164 e. The van der Waals surface area contributed by atoms with Gasteiger partial charge >= 0.3 is 0 Å². The molecule has 12 rings (SSSR count). The van der Waals surface area contributed by atoms with Gasteiger partial charge in [-0.15, -0.1) is 0 Å². The van der Waals surface area contributed by atoms with Crippen LogP contribution in [0.15, 0.2) is 241 Å². The first kappa shape index (κ1) is 38.0. The molecule has 0 aliphatic rings. The summed E-state index contributed by atoms with van der Waals surface area (Å²) in [6, 6.07) is 83.0. The summed E-state index contributed by atoms with van der Waals surface area (Å²) in [6.45, 7) is 0. The number of nitrogens with zero attached hydrogens (tertiary/aromatic N) is 3. The van der Waals surface area contributed by atoms with Crippen LogP contribution < -0.4 is 0 Å². The van der Waals surface area contributed by atoms with Crippen molar-refractivity contribution in [3.63, 3.8) is 0 Å². The van der Waals surface area contributed by atoms with E-state index in [4.69, 9.17) is 19.4 Å². The number of benzene rings is 10. The molecule has 2 heterocycles. The Bertz CT molecular complexity index is 3670. The van der Waals surface area contributed by atoms with E-state index < -0.39 is 0 Å². The minimum absolute atomic E-state index is 0.620. The lowest BCUT2D eigenvalue weighted by atomic mass is 9.91. The molecule has 4 heteroatoms. The third-order valence-electron chi connectivity index (χ3n) is 12.4. The Kier molecular flexibility index (Phi) is 9.46. The number of fused-ring (bicyclic) bond motifs is 4. The number of rotatable bonds is 8. The van der Waals surface area contributed by atoms with Crippen LogP contribution >= 0.6 is 0 Å². The fraction of sp³-hybridized carbons (Fsp3) is 0. The quantitative estimate of drug-likeness (QED) is 0.153. The highest BCUT2D eigenvalue weighted by Crippen LogP contribution is 2.39. The van der Waals surface area contributed by atoms with Crippen molar-refractivity contribution in [1.82, 2.24) is 15.0 Å². The molecular formula is C61H39N3O. The summed E-state index contributed by atoms with van der Waals surface area (Å²) >= 11 is 0. The molecule has 0 fully saturated rings. The van der Waals surface area contributed by atoms with Gasteiger partial charge in [0.15, 0.2) is 17.5 Å². The van der Waals surface area contributed by atoms with Crippen LogP contribution in [0.3, 0.4) is 0 Å². The monoisotopic (exact) mass is 829 g/mol. The van der Waals surface area contributed by atoms with Crippen molar-refractivity contribution in [1.29, 1.82) is 0 Å². The van der Waals surface area contributed by atoms with E-state index in [1.807, 2.05) is 30.3 Å². The average Bonchev–Trinajstić information content (AvgIpc) is 3.77. The Hall–Kier alpha value is -8.73. The molecule has 0 saturated heterocycles. The Morgan fingerprint density at radius 3 is 1.20 bits per heavy atom. The summed E-state index contributed by atoms with van der Waals surface area (Å²) in [4.78, 5) is 15.4. The maximum absolute atomic E-state index is 6.26. The number of hydrogen-bond acceptors (Lipinski definition) is 4. The zero-order valence-electron chi connectivity index (χ0n) is 35.3. The zero-order valence-corrected chi connectivity index (χ0v) is 35.3. The van der Waals surface area contributed by atoms with Crippen LogP contribution in [0.2, 0.25) is 0 Å². The summed E-state index contributed by atoms with van der Waals surface area (Å²) in [7, 11) is 0. The van der Waals surface area contributed by atoms with Gasteiger partial charge in [0.2, 0.25) is 0 Å². The van der Waals surface area contributed by atoms with Gasteiger partial charge in [0.1, 0.15) is 11.2 Å². The second-order valence-corrected chi connectivity index (χ2v) is 16.3. The predicted molar refractivity (Wildman–Crippen MR) is 268 cm³/mol. The van der Waals surface area contributed by atoms with Crippen molar-refractivity contribution >= 4 is 32.7 Å². The minimum Gasteiger partial charge on any atom is -0.456 e. The Labute approximate surface area is 376 Å². The predicted octanol–water partition coefficient (Wildman–Crippen LogP) is 16.3. The van der Waals surface area contributed by atoms with Crippen molar-refractivity contribution in [3.8, 4) is 89.8 Å². The van der Waals surface area contributed by atoms with Crippen molar-refractivity contribution in [2.24, 2.45) is 0 Å². The third-order valence-corrected chi connectivity index (χ3v) is 12.4. The van der Waals surface area contributed by atoms with Crippen molar-refractivity contribution in [3.05, 3.63) is 237 Å². The van der Waals surface area contributed by atoms with Gasteiger partial charge in [0.25, 0.3) is 0 Å². The minimum atomic E-state index is 0.620. The highest BCUT2D eigenvalue weighted by Gasteiger charge is 2.17. The van der Waals surface area contributed by atoms with Gasteiger partial charge in [0, 0.05) is 27.5 Å². The molecule has 0 aliphatic heterocycles. The van der Waals surface area contributed by atoms with E-state index in [-0.39, 0.29) is 0 Å². The van der Waals surface area contributed by atoms with Crippen LogP contribution in [-0.4, -0.2) is 15.0 Å². The summed E-state index contributed by atoms with van der Waals surface area (Å²) in [5.41, 5.74) is 16.0. The molecule has 12 aromatic rings. The maximum atomic E-state index is 6.26. The molecule has 0 saturated carbocycles.